The van der Waals surface area contributed by atoms with Crippen LogP contribution in [0.4, 0.5) is 5.69 Å². The maximum Gasteiger partial charge on any atom is 0.270 e. The number of benzene rings is 2. The molecule has 0 aliphatic carbocycles. The minimum absolute atomic E-state index is 0.00421. The van der Waals surface area contributed by atoms with Gasteiger partial charge in [-0.1, -0.05) is 17.3 Å². The molecule has 0 amide bonds. The molecule has 2 aromatic carbocycles. The van der Waals surface area contributed by atoms with Crippen LogP contribution < -0.4 is 9.47 Å². The normalized spacial score (nSPS) is 10.5. The number of methoxy groups -OCH3 is 1. The molecular weight excluding hydrogens is 324 g/mol. The second-order valence-corrected chi connectivity index (χ2v) is 5.38. The first-order valence-corrected chi connectivity index (χ1v) is 7.54. The van der Waals surface area contributed by atoms with Crippen molar-refractivity contribution >= 4 is 5.69 Å². The van der Waals surface area contributed by atoms with E-state index in [1.165, 1.54) is 12.1 Å². The first kappa shape index (κ1) is 16.5. The summed E-state index contributed by atoms with van der Waals surface area (Å²) in [5.41, 5.74) is 2.06. The highest BCUT2D eigenvalue weighted by Crippen LogP contribution is 2.34. The average Bonchev–Trinajstić information content (AvgIpc) is 3.05. The molecule has 7 nitrogen and oxygen atoms in total. The zero-order valence-electron chi connectivity index (χ0n) is 13.8. The molecule has 0 radical (unpaired) electrons. The molecule has 1 aromatic heterocycles. The second-order valence-electron chi connectivity index (χ2n) is 5.38. The van der Waals surface area contributed by atoms with E-state index in [-0.39, 0.29) is 12.3 Å². The number of hydrogen-bond donors (Lipinski definition) is 0. The molecule has 25 heavy (non-hydrogen) atoms. The van der Waals surface area contributed by atoms with Gasteiger partial charge in [-0.2, -0.15) is 0 Å². The van der Waals surface area contributed by atoms with Crippen LogP contribution in [-0.2, 0) is 6.61 Å². The first-order valence-electron chi connectivity index (χ1n) is 7.54. The third-order valence-electron chi connectivity index (χ3n) is 3.63. The predicted octanol–water partition coefficient (Wildman–Crippen LogP) is 4.15. The Balaban J connectivity index is 1.94. The molecule has 0 atom stereocenters. The Labute approximate surface area is 143 Å². The van der Waals surface area contributed by atoms with Gasteiger partial charge in [0.15, 0.2) is 0 Å². The number of rotatable bonds is 6. The van der Waals surface area contributed by atoms with Crippen molar-refractivity contribution in [2.24, 2.45) is 0 Å². The summed E-state index contributed by atoms with van der Waals surface area (Å²) in [5.74, 6) is 1.92. The molecule has 0 aliphatic heterocycles. The van der Waals surface area contributed by atoms with Gasteiger partial charge in [-0.25, -0.2) is 0 Å². The van der Waals surface area contributed by atoms with Gasteiger partial charge in [-0.15, -0.1) is 0 Å². The highest BCUT2D eigenvalue weighted by molar-refractivity contribution is 5.73. The van der Waals surface area contributed by atoms with Crippen LogP contribution in [0.3, 0.4) is 0 Å². The van der Waals surface area contributed by atoms with E-state index in [4.69, 9.17) is 14.0 Å². The number of hydrogen-bond acceptors (Lipinski definition) is 6. The molecule has 0 N–H and O–H groups in total. The van der Waals surface area contributed by atoms with E-state index in [9.17, 15) is 10.1 Å². The van der Waals surface area contributed by atoms with Crippen LogP contribution in [0.2, 0.25) is 0 Å². The minimum atomic E-state index is -0.433. The Bertz CT molecular complexity index is 887. The van der Waals surface area contributed by atoms with Crippen molar-refractivity contribution < 1.29 is 18.9 Å². The number of aryl methyl sites for hydroxylation is 1. The van der Waals surface area contributed by atoms with Crippen LogP contribution in [0, 0.1) is 17.0 Å². The largest absolute Gasteiger partial charge is 0.497 e. The fourth-order valence-electron chi connectivity index (χ4n) is 2.39. The van der Waals surface area contributed by atoms with Gasteiger partial charge in [0.1, 0.15) is 29.6 Å². The van der Waals surface area contributed by atoms with Crippen molar-refractivity contribution in [1.29, 1.82) is 0 Å². The molecule has 0 fully saturated rings. The van der Waals surface area contributed by atoms with E-state index in [0.717, 1.165) is 5.56 Å². The zero-order valence-corrected chi connectivity index (χ0v) is 13.8. The van der Waals surface area contributed by atoms with E-state index < -0.39 is 4.92 Å². The third kappa shape index (κ3) is 3.77. The third-order valence-corrected chi connectivity index (χ3v) is 3.63. The lowest BCUT2D eigenvalue weighted by Crippen LogP contribution is -1.98. The summed E-state index contributed by atoms with van der Waals surface area (Å²) in [6, 6.07) is 13.5. The number of nitrogens with zero attached hydrogens (tertiary/aromatic N) is 2. The van der Waals surface area contributed by atoms with Crippen LogP contribution in [0.25, 0.3) is 11.1 Å². The lowest BCUT2D eigenvalue weighted by atomic mass is 10.0. The predicted molar refractivity (Wildman–Crippen MR) is 90.7 cm³/mol. The maximum atomic E-state index is 11.1. The smallest absolute Gasteiger partial charge is 0.270 e. The topological polar surface area (TPSA) is 87.6 Å². The van der Waals surface area contributed by atoms with Crippen LogP contribution >= 0.6 is 0 Å². The van der Waals surface area contributed by atoms with Gasteiger partial charge in [0, 0.05) is 23.8 Å². The van der Waals surface area contributed by atoms with E-state index in [1.807, 2.05) is 12.1 Å². The highest BCUT2D eigenvalue weighted by atomic mass is 16.6. The molecule has 0 aliphatic rings. The van der Waals surface area contributed by atoms with Crippen molar-refractivity contribution in [3.8, 4) is 22.6 Å². The fourth-order valence-corrected chi connectivity index (χ4v) is 2.39. The number of non-ortho nitro benzene ring substituents is 1. The molecule has 128 valence electrons. The molecule has 0 saturated carbocycles. The summed E-state index contributed by atoms with van der Waals surface area (Å²) in [4.78, 5) is 10.7. The highest BCUT2D eigenvalue weighted by Gasteiger charge is 2.14. The van der Waals surface area contributed by atoms with Crippen molar-refractivity contribution in [3.63, 3.8) is 0 Å². The molecule has 0 spiro atoms. The van der Waals surface area contributed by atoms with Gasteiger partial charge in [0.2, 0.25) is 0 Å². The van der Waals surface area contributed by atoms with E-state index in [0.29, 0.717) is 28.5 Å². The number of nitro groups is 1. The van der Waals surface area contributed by atoms with Crippen molar-refractivity contribution in [1.82, 2.24) is 5.16 Å². The SMILES string of the molecule is COc1ccc(-c2cc([N+](=O)[O-])ccc2OCc2cc(C)on2)cc1. The quantitative estimate of drug-likeness (QED) is 0.495. The Morgan fingerprint density at radius 3 is 2.52 bits per heavy atom. The van der Waals surface area contributed by atoms with E-state index in [1.54, 1.807) is 38.3 Å². The molecule has 3 rings (SSSR count). The lowest BCUT2D eigenvalue weighted by molar-refractivity contribution is -0.384. The summed E-state index contributed by atoms with van der Waals surface area (Å²) in [7, 11) is 1.58. The lowest BCUT2D eigenvalue weighted by Gasteiger charge is -2.11. The zero-order chi connectivity index (χ0) is 17.8. The Morgan fingerprint density at radius 1 is 1.16 bits per heavy atom. The van der Waals surface area contributed by atoms with E-state index >= 15 is 0 Å². The number of nitro benzene ring substituents is 1. The summed E-state index contributed by atoms with van der Waals surface area (Å²) in [5, 5.41) is 15.0. The van der Waals surface area contributed by atoms with Gasteiger partial charge >= 0.3 is 0 Å². The summed E-state index contributed by atoms with van der Waals surface area (Å²) < 4.78 is 16.0. The standard InChI is InChI=1S/C18H16N2O5/c1-12-9-14(19-25-12)11-24-18-8-5-15(20(21)22)10-17(18)13-3-6-16(23-2)7-4-13/h3-10H,11H2,1-2H3. The molecule has 3 aromatic rings. The van der Waals surface area contributed by atoms with Crippen molar-refractivity contribution in [2.45, 2.75) is 13.5 Å². The molecule has 0 saturated heterocycles. The van der Waals surface area contributed by atoms with Crippen molar-refractivity contribution in [3.05, 3.63) is 70.1 Å². The van der Waals surface area contributed by atoms with Gasteiger partial charge in [-0.3, -0.25) is 10.1 Å². The Morgan fingerprint density at radius 2 is 1.92 bits per heavy atom. The molecule has 1 heterocycles. The van der Waals surface area contributed by atoms with Gasteiger partial charge < -0.3 is 14.0 Å². The number of aromatic nitrogens is 1. The summed E-state index contributed by atoms with van der Waals surface area (Å²) in [6.07, 6.45) is 0. The summed E-state index contributed by atoms with van der Waals surface area (Å²) >= 11 is 0. The van der Waals surface area contributed by atoms with Crippen LogP contribution in [0.5, 0.6) is 11.5 Å². The van der Waals surface area contributed by atoms with Crippen molar-refractivity contribution in [2.75, 3.05) is 7.11 Å². The minimum Gasteiger partial charge on any atom is -0.497 e. The molecule has 0 bridgehead atoms. The number of ether oxygens (including phenoxy) is 2. The Hall–Kier alpha value is -3.35. The monoisotopic (exact) mass is 340 g/mol. The Kier molecular flexibility index (Phi) is 4.65. The van der Waals surface area contributed by atoms with Gasteiger partial charge in [0.25, 0.3) is 5.69 Å². The molecule has 7 heteroatoms. The van der Waals surface area contributed by atoms with Gasteiger partial charge in [0.05, 0.1) is 12.0 Å². The summed E-state index contributed by atoms with van der Waals surface area (Å²) in [6.45, 7) is 2.00. The second kappa shape index (κ2) is 7.04. The van der Waals surface area contributed by atoms with Gasteiger partial charge in [-0.05, 0) is 30.7 Å². The first-order chi connectivity index (χ1) is 12.1. The fraction of sp³-hybridized carbons (Fsp3) is 0.167. The van der Waals surface area contributed by atoms with Crippen LogP contribution in [-0.4, -0.2) is 17.2 Å². The maximum absolute atomic E-state index is 11.1. The van der Waals surface area contributed by atoms with E-state index in [2.05, 4.69) is 5.16 Å². The molecular formula is C18H16N2O5. The van der Waals surface area contributed by atoms with Crippen LogP contribution in [0.1, 0.15) is 11.5 Å². The van der Waals surface area contributed by atoms with Crippen LogP contribution in [0.15, 0.2) is 53.1 Å². The average molecular weight is 340 g/mol. The molecule has 0 unspecified atom stereocenters.